The van der Waals surface area contributed by atoms with E-state index in [-0.39, 0.29) is 56.4 Å². The first-order valence-corrected chi connectivity index (χ1v) is 26.7. The highest BCUT2D eigenvalue weighted by molar-refractivity contribution is 6.78. The Balaban J connectivity index is 1.33. The second-order valence-electron chi connectivity index (χ2n) is 17.0. The number of hydrogen-bond acceptors (Lipinski definition) is 6. The van der Waals surface area contributed by atoms with Crippen LogP contribution < -0.4 is 5.32 Å². The quantitative estimate of drug-likeness (QED) is 0.0548. The summed E-state index contributed by atoms with van der Waals surface area (Å²) in [6.45, 7) is 8.39. The summed E-state index contributed by atoms with van der Waals surface area (Å²) in [7, 11) is -5.58. The fourth-order valence-corrected chi connectivity index (χ4v) is 14.4. The molecule has 0 aliphatic carbocycles. The molecule has 0 unspecified atom stereocenters. The maximum atomic E-state index is 14.5. The van der Waals surface area contributed by atoms with Crippen LogP contribution in [0.25, 0.3) is 22.3 Å². The molecule has 1 atom stereocenters. The summed E-state index contributed by atoms with van der Waals surface area (Å²) in [6.07, 6.45) is -14.2. The van der Waals surface area contributed by atoms with Crippen LogP contribution in [0.1, 0.15) is 66.5 Å². The van der Waals surface area contributed by atoms with E-state index in [1.165, 1.54) is 6.33 Å². The van der Waals surface area contributed by atoms with Crippen molar-refractivity contribution in [3.63, 3.8) is 0 Å². The van der Waals surface area contributed by atoms with Crippen molar-refractivity contribution >= 4 is 27.4 Å². The number of H-pyrrole nitrogens is 1. The summed E-state index contributed by atoms with van der Waals surface area (Å²) in [5.74, 6) is 0. The highest BCUT2D eigenvalue weighted by Gasteiger charge is 2.53. The van der Waals surface area contributed by atoms with Crippen LogP contribution in [0.4, 0.5) is 52.7 Å². The van der Waals surface area contributed by atoms with Crippen molar-refractivity contribution in [3.05, 3.63) is 101 Å². The molecule has 5 aromatic rings. The lowest BCUT2D eigenvalue weighted by atomic mass is 9.77. The SMILES string of the molecule is CC[Si](CC)(CCC[Si](C)(C)CCOCn1ccc2c(-c3cn[nH]c3)ncnc21)OC(c1cc(C(F)(F)F)cc(C(F)(F)F)c1)(c1cc(C(F)(F)F)cc(C(F)(F)F)c1)[C@H]1CCCN1. The molecule has 2 aromatic carbocycles. The van der Waals surface area contributed by atoms with Crippen LogP contribution in [0.2, 0.25) is 43.3 Å². The molecule has 1 fully saturated rings. The summed E-state index contributed by atoms with van der Waals surface area (Å²) in [4.78, 5) is 8.78. The zero-order valence-corrected chi connectivity index (χ0v) is 37.3. The van der Waals surface area contributed by atoms with Crippen LogP contribution in [-0.2, 0) is 46.2 Å². The fraction of sp³-hybridized carbons (Fsp3) is 0.500. The number of nitrogens with zero attached hydrogens (tertiary/aromatic N) is 4. The zero-order chi connectivity index (χ0) is 46.9. The largest absolute Gasteiger partial charge is 0.416 e. The highest BCUT2D eigenvalue weighted by atomic mass is 28.4. The molecule has 8 nitrogen and oxygen atoms in total. The second kappa shape index (κ2) is 18.6. The minimum Gasteiger partial charge on any atom is -0.402 e. The van der Waals surface area contributed by atoms with Gasteiger partial charge >= 0.3 is 24.7 Å². The van der Waals surface area contributed by atoms with E-state index >= 15 is 0 Å². The summed E-state index contributed by atoms with van der Waals surface area (Å²) >= 11 is 0. The molecule has 2 N–H and O–H groups in total. The average Bonchev–Trinajstić information content (AvgIpc) is 4.03. The smallest absolute Gasteiger partial charge is 0.402 e. The number of benzene rings is 2. The third-order valence-electron chi connectivity index (χ3n) is 12.2. The van der Waals surface area contributed by atoms with Gasteiger partial charge in [-0.2, -0.15) is 57.8 Å². The minimum atomic E-state index is -5.38. The molecule has 1 saturated heterocycles. The van der Waals surface area contributed by atoms with E-state index in [0.29, 0.717) is 60.7 Å². The molecule has 350 valence electrons. The topological polar surface area (TPSA) is 89.9 Å². The number of rotatable bonds is 17. The number of ether oxygens (including phenoxy) is 1. The van der Waals surface area contributed by atoms with Crippen LogP contribution in [0.15, 0.2) is 67.4 Å². The van der Waals surface area contributed by atoms with Crippen LogP contribution in [0, 0.1) is 0 Å². The van der Waals surface area contributed by atoms with Crippen LogP contribution >= 0.6 is 0 Å². The Hall–Kier alpha value is -4.26. The average molecular weight is 953 g/mol. The van der Waals surface area contributed by atoms with Gasteiger partial charge in [-0.3, -0.25) is 5.10 Å². The molecule has 0 radical (unpaired) electrons. The van der Waals surface area contributed by atoms with Gasteiger partial charge in [-0.25, -0.2) is 9.97 Å². The summed E-state index contributed by atoms with van der Waals surface area (Å²) in [5, 5.41) is 10.5. The Kier molecular flexibility index (Phi) is 14.3. The van der Waals surface area contributed by atoms with Gasteiger partial charge in [0.15, 0.2) is 8.32 Å². The van der Waals surface area contributed by atoms with Crippen molar-refractivity contribution in [1.29, 1.82) is 0 Å². The first-order valence-electron chi connectivity index (χ1n) is 20.7. The van der Waals surface area contributed by atoms with Gasteiger partial charge in [0.05, 0.1) is 34.1 Å². The second-order valence-corrected chi connectivity index (χ2v) is 26.8. The maximum absolute atomic E-state index is 14.5. The first-order chi connectivity index (χ1) is 29.8. The van der Waals surface area contributed by atoms with E-state index in [2.05, 4.69) is 38.6 Å². The molecule has 6 rings (SSSR count). The van der Waals surface area contributed by atoms with Gasteiger partial charge in [0.1, 0.15) is 24.3 Å². The fourth-order valence-electron chi connectivity index (χ4n) is 8.51. The van der Waals surface area contributed by atoms with E-state index in [0.717, 1.165) is 10.9 Å². The highest BCUT2D eigenvalue weighted by Crippen LogP contribution is 2.50. The Labute approximate surface area is 363 Å². The van der Waals surface area contributed by atoms with Crippen molar-refractivity contribution in [2.45, 2.75) is 120 Å². The summed E-state index contributed by atoms with van der Waals surface area (Å²) < 4.78 is 189. The molecule has 0 amide bonds. The Bertz CT molecular complexity index is 2210. The molecule has 64 heavy (non-hydrogen) atoms. The molecule has 3 aromatic heterocycles. The molecule has 1 aliphatic rings. The van der Waals surface area contributed by atoms with E-state index < -0.39 is 86.1 Å². The van der Waals surface area contributed by atoms with Crippen molar-refractivity contribution in [3.8, 4) is 11.3 Å². The first kappa shape index (κ1) is 49.2. The molecular weight excluding hydrogens is 905 g/mol. The molecule has 0 saturated carbocycles. The molecular formula is C42H48F12N6O2Si2. The Morgan fingerprint density at radius 2 is 1.28 bits per heavy atom. The third kappa shape index (κ3) is 10.9. The molecule has 4 heterocycles. The van der Waals surface area contributed by atoms with E-state index in [1.54, 1.807) is 26.2 Å². The standard InChI is InChI=1S/C42H48F12N6O2Si2/c1-5-64(6-2,15-8-14-63(3,4)16-13-61-26-60-12-10-34-36(27-23-58-59-24-27)56-25-57-37(34)60)62-38(35-9-7-11-55-35,28-17-30(39(43,44)45)21-31(18-28)40(46,47)48)29-19-32(41(49,50)51)22-33(20-29)42(52,53)54/h10,12,17-25,35,55H,5-9,11,13-16,26H2,1-4H3,(H,58,59)/t35-/m1/s1. The molecule has 0 spiro atoms. The Morgan fingerprint density at radius 3 is 1.75 bits per heavy atom. The van der Waals surface area contributed by atoms with E-state index in [9.17, 15) is 52.7 Å². The number of aromatic amines is 1. The lowest BCUT2D eigenvalue weighted by molar-refractivity contribution is -0.144. The lowest BCUT2D eigenvalue weighted by Crippen LogP contribution is -2.55. The van der Waals surface area contributed by atoms with Crippen molar-refractivity contribution in [2.75, 3.05) is 13.2 Å². The number of aromatic nitrogens is 5. The number of fused-ring (bicyclic) bond motifs is 1. The normalized spacial score (nSPS) is 16.0. The lowest BCUT2D eigenvalue weighted by Gasteiger charge is -2.48. The van der Waals surface area contributed by atoms with Gasteiger partial charge in [-0.15, -0.1) is 0 Å². The molecule has 22 heteroatoms. The third-order valence-corrected chi connectivity index (χ3v) is 20.1. The van der Waals surface area contributed by atoms with Crippen molar-refractivity contribution in [2.24, 2.45) is 0 Å². The van der Waals surface area contributed by atoms with E-state index in [4.69, 9.17) is 9.16 Å². The van der Waals surface area contributed by atoms with Crippen LogP contribution in [0.5, 0.6) is 0 Å². The van der Waals surface area contributed by atoms with Gasteiger partial charge in [0.25, 0.3) is 0 Å². The number of halogens is 12. The predicted molar refractivity (Wildman–Crippen MR) is 220 cm³/mol. The van der Waals surface area contributed by atoms with Crippen molar-refractivity contribution < 1.29 is 61.8 Å². The van der Waals surface area contributed by atoms with Crippen LogP contribution in [-0.4, -0.2) is 60.3 Å². The van der Waals surface area contributed by atoms with Crippen molar-refractivity contribution in [1.82, 2.24) is 30.0 Å². The number of alkyl halides is 12. The van der Waals surface area contributed by atoms with Crippen LogP contribution in [0.3, 0.4) is 0 Å². The van der Waals surface area contributed by atoms with E-state index in [1.807, 2.05) is 16.8 Å². The predicted octanol–water partition coefficient (Wildman–Crippen LogP) is 12.7. The maximum Gasteiger partial charge on any atom is 0.416 e. The molecule has 1 aliphatic heterocycles. The van der Waals surface area contributed by atoms with Gasteiger partial charge in [0.2, 0.25) is 0 Å². The molecule has 0 bridgehead atoms. The van der Waals surface area contributed by atoms with Gasteiger partial charge in [-0.1, -0.05) is 39.4 Å². The number of hydrogen-bond donors (Lipinski definition) is 2. The zero-order valence-electron chi connectivity index (χ0n) is 35.3. The van der Waals surface area contributed by atoms with Gasteiger partial charge in [0, 0.05) is 44.1 Å². The van der Waals surface area contributed by atoms with Gasteiger partial charge in [-0.05, 0) is 97.2 Å². The van der Waals surface area contributed by atoms with Gasteiger partial charge < -0.3 is 19.0 Å². The summed E-state index contributed by atoms with van der Waals surface area (Å²) in [6, 6.07) is 3.82. The minimum absolute atomic E-state index is 0.0373. The summed E-state index contributed by atoms with van der Waals surface area (Å²) in [5.41, 5.74) is -9.29. The Morgan fingerprint density at radius 1 is 0.734 bits per heavy atom. The monoisotopic (exact) mass is 952 g/mol. The number of nitrogens with one attached hydrogen (secondary N) is 2.